The number of hydrogen-bond acceptors (Lipinski definition) is 4. The molecule has 0 bridgehead atoms. The van der Waals surface area contributed by atoms with Crippen LogP contribution in [0.5, 0.6) is 0 Å². The van der Waals surface area contributed by atoms with Gasteiger partial charge in [-0.05, 0) is 38.1 Å². The third-order valence-electron chi connectivity index (χ3n) is 2.19. The van der Waals surface area contributed by atoms with Gasteiger partial charge < -0.3 is 0 Å². The Morgan fingerprint density at radius 1 is 0.778 bits per heavy atom. The molecule has 0 amide bonds. The first kappa shape index (κ1) is 14.8. The van der Waals surface area contributed by atoms with Crippen LogP contribution in [0.15, 0.2) is 24.3 Å². The summed E-state index contributed by atoms with van der Waals surface area (Å²) in [6.07, 6.45) is 0. The summed E-state index contributed by atoms with van der Waals surface area (Å²) in [6.45, 7) is 3.07. The maximum absolute atomic E-state index is 11.3. The molecule has 0 spiro atoms. The third-order valence-corrected chi connectivity index (χ3v) is 4.81. The van der Waals surface area contributed by atoms with Crippen LogP contribution in [0.2, 0.25) is 0 Å². The van der Waals surface area contributed by atoms with Crippen molar-refractivity contribution in [3.63, 3.8) is 0 Å². The highest BCUT2D eigenvalue weighted by molar-refractivity contribution is 7.92. The predicted octanol–water partition coefficient (Wildman–Crippen LogP) is 1.21. The molecule has 102 valence electrons. The van der Waals surface area contributed by atoms with Crippen molar-refractivity contribution < 1.29 is 16.8 Å². The molecule has 0 saturated heterocycles. The molecule has 0 aliphatic heterocycles. The van der Waals surface area contributed by atoms with E-state index in [-0.39, 0.29) is 11.5 Å². The fraction of sp³-hybridized carbons (Fsp3) is 0.400. The zero-order valence-electron chi connectivity index (χ0n) is 10.2. The lowest BCUT2D eigenvalue weighted by Crippen LogP contribution is -2.15. The van der Waals surface area contributed by atoms with Gasteiger partial charge in [-0.25, -0.2) is 16.8 Å². The van der Waals surface area contributed by atoms with E-state index in [0.717, 1.165) is 0 Å². The molecule has 0 aromatic heterocycles. The molecule has 2 N–H and O–H groups in total. The van der Waals surface area contributed by atoms with Gasteiger partial charge in [-0.15, -0.1) is 0 Å². The van der Waals surface area contributed by atoms with Crippen LogP contribution < -0.4 is 9.44 Å². The van der Waals surface area contributed by atoms with Crippen molar-refractivity contribution in [2.75, 3.05) is 20.9 Å². The number of hydrogen-bond donors (Lipinski definition) is 2. The van der Waals surface area contributed by atoms with Crippen molar-refractivity contribution in [2.24, 2.45) is 0 Å². The molecule has 0 heterocycles. The van der Waals surface area contributed by atoms with Gasteiger partial charge in [0, 0.05) is 11.4 Å². The Balaban J connectivity index is 2.81. The summed E-state index contributed by atoms with van der Waals surface area (Å²) in [7, 11) is -6.63. The summed E-state index contributed by atoms with van der Waals surface area (Å²) in [6, 6.07) is 6.00. The molecule has 1 rings (SSSR count). The van der Waals surface area contributed by atoms with Gasteiger partial charge in [0.1, 0.15) is 0 Å². The van der Waals surface area contributed by atoms with Crippen LogP contribution in [-0.4, -0.2) is 28.3 Å². The third kappa shape index (κ3) is 4.53. The Kier molecular flexibility index (Phi) is 4.58. The number of nitrogens with one attached hydrogen (secondary N) is 2. The summed E-state index contributed by atoms with van der Waals surface area (Å²) in [5, 5.41) is 0. The molecule has 1 aromatic rings. The first-order chi connectivity index (χ1) is 8.28. The summed E-state index contributed by atoms with van der Waals surface area (Å²) >= 11 is 0. The van der Waals surface area contributed by atoms with E-state index in [9.17, 15) is 16.8 Å². The van der Waals surface area contributed by atoms with Crippen LogP contribution in [0.25, 0.3) is 0 Å². The summed E-state index contributed by atoms with van der Waals surface area (Å²) in [4.78, 5) is 0. The molecule has 0 radical (unpaired) electrons. The number of benzene rings is 1. The van der Waals surface area contributed by atoms with Crippen LogP contribution in [0.1, 0.15) is 13.8 Å². The van der Waals surface area contributed by atoms with E-state index < -0.39 is 20.0 Å². The van der Waals surface area contributed by atoms with Crippen molar-refractivity contribution in [3.8, 4) is 0 Å². The quantitative estimate of drug-likeness (QED) is 0.824. The van der Waals surface area contributed by atoms with Gasteiger partial charge >= 0.3 is 0 Å². The molecular formula is C10H16N2O4S2. The van der Waals surface area contributed by atoms with Crippen molar-refractivity contribution in [1.29, 1.82) is 0 Å². The van der Waals surface area contributed by atoms with E-state index >= 15 is 0 Å². The molecule has 18 heavy (non-hydrogen) atoms. The highest BCUT2D eigenvalue weighted by Crippen LogP contribution is 2.16. The molecule has 0 saturated carbocycles. The normalized spacial score (nSPS) is 12.1. The number of rotatable bonds is 6. The molecule has 8 heteroatoms. The van der Waals surface area contributed by atoms with Crippen LogP contribution in [-0.2, 0) is 20.0 Å². The lowest BCUT2D eigenvalue weighted by atomic mass is 10.3. The maximum Gasteiger partial charge on any atom is 0.232 e. The Morgan fingerprint density at radius 3 is 1.28 bits per heavy atom. The molecule has 0 fully saturated rings. The topological polar surface area (TPSA) is 92.3 Å². The average molecular weight is 292 g/mol. The summed E-state index contributed by atoms with van der Waals surface area (Å²) in [5.74, 6) is -0.0333. The monoisotopic (exact) mass is 292 g/mol. The Hall–Kier alpha value is -1.28. The average Bonchev–Trinajstić information content (AvgIpc) is 2.31. The van der Waals surface area contributed by atoms with Crippen LogP contribution >= 0.6 is 0 Å². The highest BCUT2D eigenvalue weighted by atomic mass is 32.2. The Labute approximate surface area is 108 Å². The van der Waals surface area contributed by atoms with E-state index in [0.29, 0.717) is 11.4 Å². The van der Waals surface area contributed by atoms with E-state index in [1.807, 2.05) is 0 Å². The van der Waals surface area contributed by atoms with E-state index in [2.05, 4.69) is 9.44 Å². The molecule has 1 aromatic carbocycles. The first-order valence-corrected chi connectivity index (χ1v) is 8.69. The van der Waals surface area contributed by atoms with Gasteiger partial charge in [0.05, 0.1) is 11.5 Å². The highest BCUT2D eigenvalue weighted by Gasteiger charge is 2.08. The predicted molar refractivity (Wildman–Crippen MR) is 72.6 cm³/mol. The van der Waals surface area contributed by atoms with E-state index in [1.165, 1.54) is 38.1 Å². The largest absolute Gasteiger partial charge is 0.284 e. The van der Waals surface area contributed by atoms with E-state index in [4.69, 9.17) is 0 Å². The van der Waals surface area contributed by atoms with Crippen LogP contribution in [0.4, 0.5) is 11.4 Å². The standard InChI is InChI=1S/C10H16N2O4S2/c1-3-17(13,14)11-9-5-7-10(8-6-9)12-18(15,16)4-2/h5-8,11-12H,3-4H2,1-2H3. The smallest absolute Gasteiger partial charge is 0.232 e. The second-order valence-electron chi connectivity index (χ2n) is 3.59. The fourth-order valence-electron chi connectivity index (χ4n) is 1.11. The van der Waals surface area contributed by atoms with Gasteiger partial charge in [-0.1, -0.05) is 0 Å². The maximum atomic E-state index is 11.3. The zero-order chi connectivity index (χ0) is 13.8. The minimum absolute atomic E-state index is 0.0167. The number of sulfonamides is 2. The Morgan fingerprint density at radius 2 is 1.06 bits per heavy atom. The van der Waals surface area contributed by atoms with Crippen molar-refractivity contribution in [2.45, 2.75) is 13.8 Å². The van der Waals surface area contributed by atoms with Crippen LogP contribution in [0, 0.1) is 0 Å². The second-order valence-corrected chi connectivity index (χ2v) is 7.61. The SMILES string of the molecule is CCS(=O)(=O)Nc1ccc(NS(=O)(=O)CC)cc1. The number of anilines is 2. The second kappa shape index (κ2) is 5.57. The van der Waals surface area contributed by atoms with Crippen molar-refractivity contribution >= 4 is 31.4 Å². The van der Waals surface area contributed by atoms with Crippen molar-refractivity contribution in [1.82, 2.24) is 0 Å². The zero-order valence-corrected chi connectivity index (χ0v) is 11.8. The molecule has 0 aliphatic rings. The van der Waals surface area contributed by atoms with E-state index in [1.54, 1.807) is 0 Å². The lowest BCUT2D eigenvalue weighted by molar-refractivity contribution is 0.600. The summed E-state index contributed by atoms with van der Waals surface area (Å²) < 4.78 is 50.0. The van der Waals surface area contributed by atoms with Crippen molar-refractivity contribution in [3.05, 3.63) is 24.3 Å². The van der Waals surface area contributed by atoms with Gasteiger partial charge in [0.25, 0.3) is 0 Å². The fourth-order valence-corrected chi connectivity index (χ4v) is 2.39. The summed E-state index contributed by atoms with van der Waals surface area (Å²) in [5.41, 5.74) is 0.799. The van der Waals surface area contributed by atoms with Gasteiger partial charge in [0.2, 0.25) is 20.0 Å². The minimum Gasteiger partial charge on any atom is -0.284 e. The minimum atomic E-state index is -3.31. The molecule has 0 unspecified atom stereocenters. The molecule has 6 nitrogen and oxygen atoms in total. The van der Waals surface area contributed by atoms with Gasteiger partial charge in [-0.2, -0.15) is 0 Å². The van der Waals surface area contributed by atoms with Crippen LogP contribution in [0.3, 0.4) is 0 Å². The Bertz CT molecular complexity index is 536. The molecule has 0 aliphatic carbocycles. The van der Waals surface area contributed by atoms with Gasteiger partial charge in [-0.3, -0.25) is 9.44 Å². The molecule has 0 atom stereocenters. The molecular weight excluding hydrogens is 276 g/mol. The van der Waals surface area contributed by atoms with Gasteiger partial charge in [0.15, 0.2) is 0 Å². The first-order valence-electron chi connectivity index (χ1n) is 5.39. The lowest BCUT2D eigenvalue weighted by Gasteiger charge is -2.08.